The first-order valence-electron chi connectivity index (χ1n) is 11.1. The summed E-state index contributed by atoms with van der Waals surface area (Å²) in [4.78, 5) is 54.4. The predicted octanol–water partition coefficient (Wildman–Crippen LogP) is 1.69. The number of benzene rings is 2. The van der Waals surface area contributed by atoms with Crippen molar-refractivity contribution in [2.45, 2.75) is 25.4 Å². The standard InChI is InChI=1S/C24H22F2N4O4/c25-15-2-4-19(18(26)12-15)29-9-7-28(8-10-29)13-14-1-3-16-17(11-14)24(34)30(23(16)33)20-5-6-21(31)27-22(20)32/h1-4,11-12,20H,5-10,13H2,(H,27,31,32). The van der Waals surface area contributed by atoms with Crippen molar-refractivity contribution < 1.29 is 28.0 Å². The van der Waals surface area contributed by atoms with Crippen LogP contribution in [-0.4, -0.2) is 65.6 Å². The third-order valence-corrected chi connectivity index (χ3v) is 6.53. The number of fused-ring (bicyclic) bond motifs is 1. The molecule has 5 rings (SSSR count). The van der Waals surface area contributed by atoms with Gasteiger partial charge in [-0.3, -0.25) is 34.3 Å². The van der Waals surface area contributed by atoms with Gasteiger partial charge in [-0.2, -0.15) is 0 Å². The van der Waals surface area contributed by atoms with Crippen LogP contribution >= 0.6 is 0 Å². The largest absolute Gasteiger partial charge is 0.367 e. The van der Waals surface area contributed by atoms with E-state index in [9.17, 15) is 28.0 Å². The highest BCUT2D eigenvalue weighted by molar-refractivity contribution is 6.23. The molecule has 3 heterocycles. The Morgan fingerprint density at radius 1 is 0.882 bits per heavy atom. The molecule has 1 unspecified atom stereocenters. The number of carbonyl (C=O) groups is 4. The quantitative estimate of drug-likeness (QED) is 0.687. The van der Waals surface area contributed by atoms with Gasteiger partial charge in [0.1, 0.15) is 17.7 Å². The van der Waals surface area contributed by atoms with Crippen LogP contribution in [0.1, 0.15) is 39.1 Å². The van der Waals surface area contributed by atoms with Crippen molar-refractivity contribution in [3.63, 3.8) is 0 Å². The van der Waals surface area contributed by atoms with Gasteiger partial charge >= 0.3 is 0 Å². The van der Waals surface area contributed by atoms with E-state index in [1.165, 1.54) is 12.1 Å². The van der Waals surface area contributed by atoms with E-state index >= 15 is 0 Å². The van der Waals surface area contributed by atoms with Crippen molar-refractivity contribution in [1.82, 2.24) is 15.1 Å². The lowest BCUT2D eigenvalue weighted by atomic mass is 10.0. The fourth-order valence-electron chi connectivity index (χ4n) is 4.76. The molecule has 4 amide bonds. The van der Waals surface area contributed by atoms with Crippen molar-refractivity contribution in [3.8, 4) is 0 Å². The normalized spacial score (nSPS) is 21.2. The molecule has 0 aliphatic carbocycles. The number of anilines is 1. The highest BCUT2D eigenvalue weighted by Gasteiger charge is 2.44. The van der Waals surface area contributed by atoms with Crippen molar-refractivity contribution in [2.24, 2.45) is 0 Å². The van der Waals surface area contributed by atoms with Gasteiger partial charge in [0.2, 0.25) is 11.8 Å². The Balaban J connectivity index is 1.25. The molecule has 2 fully saturated rings. The summed E-state index contributed by atoms with van der Waals surface area (Å²) in [6, 6.07) is 7.62. The highest BCUT2D eigenvalue weighted by atomic mass is 19.1. The van der Waals surface area contributed by atoms with Gasteiger partial charge in [0.25, 0.3) is 11.8 Å². The van der Waals surface area contributed by atoms with Crippen LogP contribution in [0.3, 0.4) is 0 Å². The molecule has 34 heavy (non-hydrogen) atoms. The smallest absolute Gasteiger partial charge is 0.262 e. The monoisotopic (exact) mass is 468 g/mol. The van der Waals surface area contributed by atoms with E-state index in [1.54, 1.807) is 18.2 Å². The third kappa shape index (κ3) is 3.94. The maximum atomic E-state index is 14.1. The third-order valence-electron chi connectivity index (χ3n) is 6.53. The molecule has 2 aromatic rings. The number of nitrogens with zero attached hydrogens (tertiary/aromatic N) is 3. The number of piperazine rings is 1. The Morgan fingerprint density at radius 2 is 1.62 bits per heavy atom. The van der Waals surface area contributed by atoms with E-state index in [0.717, 1.165) is 16.5 Å². The van der Waals surface area contributed by atoms with Gasteiger partial charge < -0.3 is 4.90 Å². The SMILES string of the molecule is O=C1CCC(N2C(=O)c3ccc(CN4CCN(c5ccc(F)cc5F)CC4)cc3C2=O)C(=O)N1. The summed E-state index contributed by atoms with van der Waals surface area (Å²) >= 11 is 0. The fraction of sp³-hybridized carbons (Fsp3) is 0.333. The number of imide groups is 2. The van der Waals surface area contributed by atoms with Gasteiger partial charge in [-0.15, -0.1) is 0 Å². The number of nitrogens with one attached hydrogen (secondary N) is 1. The Kier molecular flexibility index (Phi) is 5.60. The number of halogens is 2. The molecular formula is C24H22F2N4O4. The van der Waals surface area contributed by atoms with E-state index in [1.807, 2.05) is 4.90 Å². The van der Waals surface area contributed by atoms with Crippen molar-refractivity contribution in [3.05, 3.63) is 64.7 Å². The van der Waals surface area contributed by atoms with E-state index in [-0.39, 0.29) is 24.0 Å². The summed E-state index contributed by atoms with van der Waals surface area (Å²) in [6.45, 7) is 2.95. The summed E-state index contributed by atoms with van der Waals surface area (Å²) in [5.74, 6) is -3.32. The summed E-state index contributed by atoms with van der Waals surface area (Å²) in [5, 5.41) is 2.18. The maximum absolute atomic E-state index is 14.1. The van der Waals surface area contributed by atoms with Crippen LogP contribution in [0.15, 0.2) is 36.4 Å². The molecule has 2 saturated heterocycles. The Morgan fingerprint density at radius 3 is 2.32 bits per heavy atom. The second kappa shape index (κ2) is 8.60. The van der Waals surface area contributed by atoms with E-state index in [0.29, 0.717) is 38.4 Å². The van der Waals surface area contributed by atoms with Crippen molar-refractivity contribution >= 4 is 29.3 Å². The number of carbonyl (C=O) groups excluding carboxylic acids is 4. The second-order valence-corrected chi connectivity index (χ2v) is 8.69. The summed E-state index contributed by atoms with van der Waals surface area (Å²) < 4.78 is 27.3. The summed E-state index contributed by atoms with van der Waals surface area (Å²) in [6.07, 6.45) is 0.185. The minimum atomic E-state index is -0.992. The van der Waals surface area contributed by atoms with E-state index in [2.05, 4.69) is 10.2 Å². The molecule has 0 radical (unpaired) electrons. The van der Waals surface area contributed by atoms with Crippen LogP contribution in [0.5, 0.6) is 0 Å². The molecule has 10 heteroatoms. The van der Waals surface area contributed by atoms with Gasteiger partial charge in [-0.05, 0) is 36.2 Å². The molecule has 176 valence electrons. The summed E-state index contributed by atoms with van der Waals surface area (Å²) in [5.41, 5.74) is 1.71. The Bertz CT molecular complexity index is 1210. The average Bonchev–Trinajstić information content (AvgIpc) is 3.04. The number of hydrogen-bond acceptors (Lipinski definition) is 6. The topological polar surface area (TPSA) is 90.0 Å². The molecule has 0 saturated carbocycles. The summed E-state index contributed by atoms with van der Waals surface area (Å²) in [7, 11) is 0. The molecular weight excluding hydrogens is 446 g/mol. The average molecular weight is 468 g/mol. The van der Waals surface area contributed by atoms with Crippen molar-refractivity contribution in [2.75, 3.05) is 31.1 Å². The number of piperidine rings is 1. The zero-order valence-corrected chi connectivity index (χ0v) is 18.2. The molecule has 3 aliphatic rings. The minimum absolute atomic E-state index is 0.0723. The van der Waals surface area contributed by atoms with Gasteiger partial charge in [0.05, 0.1) is 16.8 Å². The molecule has 1 N–H and O–H groups in total. The molecule has 1 atom stereocenters. The van der Waals surface area contributed by atoms with Crippen molar-refractivity contribution in [1.29, 1.82) is 0 Å². The van der Waals surface area contributed by atoms with Gasteiger partial charge in [0, 0.05) is 45.2 Å². The van der Waals surface area contributed by atoms with Crippen LogP contribution < -0.4 is 10.2 Å². The first-order valence-corrected chi connectivity index (χ1v) is 11.1. The predicted molar refractivity (Wildman–Crippen MR) is 117 cm³/mol. The molecule has 0 aromatic heterocycles. The minimum Gasteiger partial charge on any atom is -0.367 e. The van der Waals surface area contributed by atoms with Gasteiger partial charge in [0.15, 0.2) is 0 Å². The zero-order valence-electron chi connectivity index (χ0n) is 18.2. The first-order chi connectivity index (χ1) is 16.3. The highest BCUT2D eigenvalue weighted by Crippen LogP contribution is 2.29. The van der Waals surface area contributed by atoms with Crippen LogP contribution in [0.4, 0.5) is 14.5 Å². The number of rotatable bonds is 4. The Labute approximate surface area is 194 Å². The van der Waals surface area contributed by atoms with Gasteiger partial charge in [-0.1, -0.05) is 6.07 Å². The molecule has 2 aromatic carbocycles. The van der Waals surface area contributed by atoms with Crippen LogP contribution in [-0.2, 0) is 16.1 Å². The fourth-order valence-corrected chi connectivity index (χ4v) is 4.76. The van der Waals surface area contributed by atoms with E-state index in [4.69, 9.17) is 0 Å². The van der Waals surface area contributed by atoms with Crippen LogP contribution in [0.25, 0.3) is 0 Å². The lowest BCUT2D eigenvalue weighted by Gasteiger charge is -2.36. The van der Waals surface area contributed by atoms with Gasteiger partial charge in [-0.25, -0.2) is 8.78 Å². The molecule has 8 nitrogen and oxygen atoms in total. The Hall–Kier alpha value is -3.66. The maximum Gasteiger partial charge on any atom is 0.262 e. The molecule has 0 spiro atoms. The molecule has 0 bridgehead atoms. The van der Waals surface area contributed by atoms with E-state index < -0.39 is 41.3 Å². The lowest BCUT2D eigenvalue weighted by Crippen LogP contribution is -2.54. The second-order valence-electron chi connectivity index (χ2n) is 8.69. The molecule has 3 aliphatic heterocycles. The number of hydrogen-bond donors (Lipinski definition) is 1. The lowest BCUT2D eigenvalue weighted by molar-refractivity contribution is -0.136. The van der Waals surface area contributed by atoms with Crippen LogP contribution in [0.2, 0.25) is 0 Å². The first kappa shape index (κ1) is 22.1. The zero-order chi connectivity index (χ0) is 24.0. The van der Waals surface area contributed by atoms with Crippen LogP contribution in [0, 0.1) is 11.6 Å². The number of amides is 4.